The average Bonchev–Trinajstić information content (AvgIpc) is 2.92. The molecule has 0 spiro atoms. The van der Waals surface area contributed by atoms with Crippen molar-refractivity contribution in [3.8, 4) is 0 Å². The molecule has 5 heteroatoms. The molecule has 0 aromatic heterocycles. The zero-order valence-electron chi connectivity index (χ0n) is 13.7. The molecule has 0 radical (unpaired) electrons. The van der Waals surface area contributed by atoms with Crippen LogP contribution in [0.25, 0.3) is 0 Å². The highest BCUT2D eigenvalue weighted by atomic mass is 16.6. The van der Waals surface area contributed by atoms with E-state index in [0.717, 1.165) is 0 Å². The summed E-state index contributed by atoms with van der Waals surface area (Å²) < 4.78 is 5.20. The summed E-state index contributed by atoms with van der Waals surface area (Å²) >= 11 is 0. The number of anilines is 1. The Hall–Kier alpha value is -2.04. The standard InChI is InChI=1S/C17H23NO4/c1-15(2,3)22-14(21)18-12-8-6-7-11(9-12)17(13(19)20)10-16(17,4)5/h6-9H,10H2,1-5H3,(H,18,21)(H,19,20). The summed E-state index contributed by atoms with van der Waals surface area (Å²) in [5, 5.41) is 12.3. The van der Waals surface area contributed by atoms with Gasteiger partial charge in [0.25, 0.3) is 0 Å². The van der Waals surface area contributed by atoms with Gasteiger partial charge in [0.05, 0.1) is 5.41 Å². The van der Waals surface area contributed by atoms with Crippen molar-refractivity contribution in [3.63, 3.8) is 0 Å². The predicted octanol–water partition coefficient (Wildman–Crippen LogP) is 3.79. The first kappa shape index (κ1) is 16.3. The summed E-state index contributed by atoms with van der Waals surface area (Å²) in [4.78, 5) is 23.5. The van der Waals surface area contributed by atoms with Gasteiger partial charge < -0.3 is 9.84 Å². The molecule has 0 aliphatic heterocycles. The normalized spacial score (nSPS) is 22.8. The second-order valence-corrected chi connectivity index (χ2v) is 7.48. The van der Waals surface area contributed by atoms with Crippen molar-refractivity contribution in [1.82, 2.24) is 0 Å². The molecule has 1 amide bonds. The van der Waals surface area contributed by atoms with Gasteiger partial charge in [0.1, 0.15) is 5.60 Å². The van der Waals surface area contributed by atoms with Crippen LogP contribution in [-0.2, 0) is 14.9 Å². The van der Waals surface area contributed by atoms with Gasteiger partial charge in [-0.1, -0.05) is 26.0 Å². The molecule has 0 bridgehead atoms. The molecule has 120 valence electrons. The lowest BCUT2D eigenvalue weighted by Crippen LogP contribution is -2.28. The van der Waals surface area contributed by atoms with E-state index >= 15 is 0 Å². The van der Waals surface area contributed by atoms with Gasteiger partial charge in [-0.2, -0.15) is 0 Å². The van der Waals surface area contributed by atoms with Gasteiger partial charge in [0, 0.05) is 5.69 Å². The highest BCUT2D eigenvalue weighted by molar-refractivity contribution is 5.89. The number of rotatable bonds is 3. The summed E-state index contributed by atoms with van der Waals surface area (Å²) in [5.41, 5.74) is -0.501. The van der Waals surface area contributed by atoms with Gasteiger partial charge in [-0.25, -0.2) is 4.79 Å². The van der Waals surface area contributed by atoms with Crippen LogP contribution in [0.4, 0.5) is 10.5 Å². The zero-order valence-corrected chi connectivity index (χ0v) is 13.7. The number of carboxylic acids is 1. The van der Waals surface area contributed by atoms with E-state index in [1.165, 1.54) is 0 Å². The Kier molecular flexibility index (Phi) is 3.71. The average molecular weight is 305 g/mol. The molecule has 22 heavy (non-hydrogen) atoms. The molecule has 1 aromatic rings. The SMILES string of the molecule is CC(C)(C)OC(=O)Nc1cccc(C2(C(=O)O)CC2(C)C)c1. The van der Waals surface area contributed by atoms with Crippen LogP contribution in [0.1, 0.15) is 46.6 Å². The Bertz CT molecular complexity index is 615. The van der Waals surface area contributed by atoms with Crippen LogP contribution in [-0.4, -0.2) is 22.8 Å². The van der Waals surface area contributed by atoms with Crippen LogP contribution < -0.4 is 5.32 Å². The molecule has 2 N–H and O–H groups in total. The number of ether oxygens (including phenoxy) is 1. The Morgan fingerprint density at radius 3 is 2.32 bits per heavy atom. The number of carbonyl (C=O) groups is 2. The Balaban J connectivity index is 2.22. The van der Waals surface area contributed by atoms with E-state index in [4.69, 9.17) is 4.74 Å². The number of amides is 1. The summed E-state index contributed by atoms with van der Waals surface area (Å²) in [6, 6.07) is 6.98. The fraction of sp³-hybridized carbons (Fsp3) is 0.529. The summed E-state index contributed by atoms with van der Waals surface area (Å²) in [6.07, 6.45) is 0.0367. The predicted molar refractivity (Wildman–Crippen MR) is 84.0 cm³/mol. The third-order valence-electron chi connectivity index (χ3n) is 4.10. The topological polar surface area (TPSA) is 75.6 Å². The summed E-state index contributed by atoms with van der Waals surface area (Å²) in [5.74, 6) is -0.827. The van der Waals surface area contributed by atoms with E-state index in [2.05, 4.69) is 5.32 Å². The molecule has 1 saturated carbocycles. The van der Waals surface area contributed by atoms with Crippen LogP contribution >= 0.6 is 0 Å². The molecular weight excluding hydrogens is 282 g/mol. The Morgan fingerprint density at radius 2 is 1.86 bits per heavy atom. The van der Waals surface area contributed by atoms with Gasteiger partial charge in [-0.05, 0) is 50.3 Å². The highest BCUT2D eigenvalue weighted by Crippen LogP contribution is 2.64. The minimum Gasteiger partial charge on any atom is -0.481 e. The third-order valence-corrected chi connectivity index (χ3v) is 4.10. The van der Waals surface area contributed by atoms with Crippen molar-refractivity contribution in [2.75, 3.05) is 5.32 Å². The summed E-state index contributed by atoms with van der Waals surface area (Å²) in [6.45, 7) is 9.24. The molecule has 1 aliphatic rings. The quantitative estimate of drug-likeness (QED) is 0.891. The molecule has 2 rings (SSSR count). The van der Waals surface area contributed by atoms with E-state index in [0.29, 0.717) is 17.7 Å². The number of aliphatic carboxylic acids is 1. The molecule has 1 aromatic carbocycles. The summed E-state index contributed by atoms with van der Waals surface area (Å²) in [7, 11) is 0. The molecule has 0 heterocycles. The van der Waals surface area contributed by atoms with Gasteiger partial charge in [0.15, 0.2) is 0 Å². The molecule has 1 aliphatic carbocycles. The fourth-order valence-electron chi connectivity index (χ4n) is 2.88. The third kappa shape index (κ3) is 2.93. The number of hydrogen-bond donors (Lipinski definition) is 2. The number of nitrogens with one attached hydrogen (secondary N) is 1. The number of hydrogen-bond acceptors (Lipinski definition) is 3. The molecule has 1 unspecified atom stereocenters. The van der Waals surface area contributed by atoms with E-state index in [9.17, 15) is 14.7 Å². The molecular formula is C17H23NO4. The Morgan fingerprint density at radius 1 is 1.27 bits per heavy atom. The fourth-order valence-corrected chi connectivity index (χ4v) is 2.88. The second kappa shape index (κ2) is 5.00. The van der Waals surface area contributed by atoms with Gasteiger partial charge >= 0.3 is 12.1 Å². The van der Waals surface area contributed by atoms with Gasteiger partial charge in [-0.3, -0.25) is 10.1 Å². The van der Waals surface area contributed by atoms with Crippen molar-refractivity contribution < 1.29 is 19.4 Å². The molecule has 0 saturated heterocycles. The van der Waals surface area contributed by atoms with E-state index < -0.39 is 23.1 Å². The van der Waals surface area contributed by atoms with Crippen LogP contribution in [0.5, 0.6) is 0 Å². The first-order chi connectivity index (χ1) is 9.98. The monoisotopic (exact) mass is 305 g/mol. The van der Waals surface area contributed by atoms with Crippen molar-refractivity contribution in [2.24, 2.45) is 5.41 Å². The molecule has 1 atom stereocenters. The minimum absolute atomic E-state index is 0.288. The van der Waals surface area contributed by atoms with E-state index in [1.807, 2.05) is 13.8 Å². The lowest BCUT2D eigenvalue weighted by Gasteiger charge is -2.20. The van der Waals surface area contributed by atoms with E-state index in [1.54, 1.807) is 45.0 Å². The lowest BCUT2D eigenvalue weighted by atomic mass is 9.88. The smallest absolute Gasteiger partial charge is 0.412 e. The highest BCUT2D eigenvalue weighted by Gasteiger charge is 2.67. The maximum Gasteiger partial charge on any atom is 0.412 e. The van der Waals surface area contributed by atoms with Gasteiger partial charge in [0.2, 0.25) is 0 Å². The lowest BCUT2D eigenvalue weighted by molar-refractivity contribution is -0.141. The first-order valence-electron chi connectivity index (χ1n) is 7.32. The molecule has 5 nitrogen and oxygen atoms in total. The van der Waals surface area contributed by atoms with Crippen LogP contribution in [0.2, 0.25) is 0 Å². The maximum absolute atomic E-state index is 11.8. The van der Waals surface area contributed by atoms with E-state index in [-0.39, 0.29) is 5.41 Å². The Labute approximate surface area is 130 Å². The maximum atomic E-state index is 11.8. The largest absolute Gasteiger partial charge is 0.481 e. The van der Waals surface area contributed by atoms with Crippen LogP contribution in [0.3, 0.4) is 0 Å². The first-order valence-corrected chi connectivity index (χ1v) is 7.32. The van der Waals surface area contributed by atoms with Crippen molar-refractivity contribution >= 4 is 17.7 Å². The van der Waals surface area contributed by atoms with Crippen LogP contribution in [0, 0.1) is 5.41 Å². The number of benzene rings is 1. The number of carboxylic acid groups (broad SMARTS) is 1. The second-order valence-electron chi connectivity index (χ2n) is 7.48. The zero-order chi connectivity index (χ0) is 16.8. The van der Waals surface area contributed by atoms with Gasteiger partial charge in [-0.15, -0.1) is 0 Å². The van der Waals surface area contributed by atoms with Crippen molar-refractivity contribution in [2.45, 2.75) is 52.1 Å². The number of carbonyl (C=O) groups excluding carboxylic acids is 1. The van der Waals surface area contributed by atoms with Crippen LogP contribution in [0.15, 0.2) is 24.3 Å². The van der Waals surface area contributed by atoms with Crippen molar-refractivity contribution in [1.29, 1.82) is 0 Å². The molecule has 1 fully saturated rings. The minimum atomic E-state index is -0.876. The van der Waals surface area contributed by atoms with Crippen molar-refractivity contribution in [3.05, 3.63) is 29.8 Å².